The SMILES string of the molecule is CN/C=C(\C=N)Nc1ncc2sc(C)c(-c3ccc(OC4CCOC4)cc3OC)c2n1. The molecule has 0 spiro atoms. The number of nitrogens with one attached hydrogen (secondary N) is 3. The van der Waals surface area contributed by atoms with E-state index in [1.807, 2.05) is 18.2 Å². The molecule has 3 aromatic rings. The number of aryl methyl sites for hydroxylation is 1. The lowest BCUT2D eigenvalue weighted by Crippen LogP contribution is -2.15. The summed E-state index contributed by atoms with van der Waals surface area (Å²) in [6.07, 6.45) is 5.66. The molecule has 8 nitrogen and oxygen atoms in total. The molecule has 0 saturated carbocycles. The van der Waals surface area contributed by atoms with Crippen molar-refractivity contribution in [3.8, 4) is 22.6 Å². The van der Waals surface area contributed by atoms with Crippen LogP contribution in [-0.4, -0.2) is 49.7 Å². The van der Waals surface area contributed by atoms with E-state index in [0.29, 0.717) is 18.3 Å². The maximum atomic E-state index is 7.52. The molecule has 31 heavy (non-hydrogen) atoms. The molecule has 1 aromatic carbocycles. The van der Waals surface area contributed by atoms with Crippen molar-refractivity contribution in [3.63, 3.8) is 0 Å². The highest BCUT2D eigenvalue weighted by Gasteiger charge is 2.20. The van der Waals surface area contributed by atoms with E-state index in [9.17, 15) is 0 Å². The van der Waals surface area contributed by atoms with Crippen molar-refractivity contribution in [3.05, 3.63) is 41.2 Å². The Bertz CT molecular complexity index is 1120. The van der Waals surface area contributed by atoms with Crippen LogP contribution in [0.2, 0.25) is 0 Å². The second-order valence-corrected chi connectivity index (χ2v) is 8.32. The first-order chi connectivity index (χ1) is 15.1. The van der Waals surface area contributed by atoms with Crippen LogP contribution in [0, 0.1) is 12.3 Å². The molecule has 1 aliphatic rings. The minimum atomic E-state index is 0.0781. The van der Waals surface area contributed by atoms with E-state index in [1.54, 1.807) is 37.9 Å². The van der Waals surface area contributed by atoms with Crippen LogP contribution in [0.25, 0.3) is 21.3 Å². The van der Waals surface area contributed by atoms with E-state index in [2.05, 4.69) is 22.5 Å². The van der Waals surface area contributed by atoms with Crippen LogP contribution in [-0.2, 0) is 4.74 Å². The van der Waals surface area contributed by atoms with Gasteiger partial charge in [-0.15, -0.1) is 11.3 Å². The van der Waals surface area contributed by atoms with Gasteiger partial charge >= 0.3 is 0 Å². The number of allylic oxidation sites excluding steroid dienone is 1. The van der Waals surface area contributed by atoms with E-state index in [1.165, 1.54) is 6.21 Å². The fourth-order valence-corrected chi connectivity index (χ4v) is 4.52. The predicted molar refractivity (Wildman–Crippen MR) is 124 cm³/mol. The number of hydrogen-bond donors (Lipinski definition) is 3. The molecule has 0 aliphatic carbocycles. The molecule has 1 saturated heterocycles. The van der Waals surface area contributed by atoms with Gasteiger partial charge in [0.1, 0.15) is 17.6 Å². The summed E-state index contributed by atoms with van der Waals surface area (Å²) in [5, 5.41) is 13.5. The van der Waals surface area contributed by atoms with Gasteiger partial charge in [-0.3, -0.25) is 0 Å². The third-order valence-corrected chi connectivity index (χ3v) is 5.98. The Morgan fingerprint density at radius 1 is 1.39 bits per heavy atom. The standard InChI is InChI=1S/C22H25N5O3S/c1-13-20(17-5-4-15(8-18(17)28-3)30-16-6-7-29-12-16)21-19(31-13)11-25-22(27-21)26-14(9-23)10-24-2/h4-5,8-11,16,23-24H,6-7,12H2,1-3H3,(H,25,26,27)/b14-10+,23-9?. The quantitative estimate of drug-likeness (QED) is 0.457. The Labute approximate surface area is 184 Å². The first kappa shape index (κ1) is 21.1. The average molecular weight is 440 g/mol. The van der Waals surface area contributed by atoms with E-state index in [4.69, 9.17) is 24.6 Å². The highest BCUT2D eigenvalue weighted by atomic mass is 32.1. The van der Waals surface area contributed by atoms with E-state index in [0.717, 1.165) is 50.7 Å². The zero-order valence-corrected chi connectivity index (χ0v) is 18.5. The fourth-order valence-electron chi connectivity index (χ4n) is 3.53. The number of methoxy groups -OCH3 is 1. The summed E-state index contributed by atoms with van der Waals surface area (Å²) in [5.74, 6) is 1.91. The van der Waals surface area contributed by atoms with Gasteiger partial charge in [0.2, 0.25) is 5.95 Å². The molecule has 1 atom stereocenters. The van der Waals surface area contributed by atoms with Crippen molar-refractivity contribution in [2.75, 3.05) is 32.7 Å². The molecule has 3 heterocycles. The number of fused-ring (bicyclic) bond motifs is 1. The Morgan fingerprint density at radius 3 is 2.97 bits per heavy atom. The molecule has 4 rings (SSSR count). The first-order valence-electron chi connectivity index (χ1n) is 9.96. The third-order valence-electron chi connectivity index (χ3n) is 4.95. The average Bonchev–Trinajstić information content (AvgIpc) is 3.40. The van der Waals surface area contributed by atoms with Gasteiger partial charge in [-0.25, -0.2) is 9.97 Å². The van der Waals surface area contributed by atoms with Crippen molar-refractivity contribution in [2.45, 2.75) is 19.4 Å². The highest BCUT2D eigenvalue weighted by Crippen LogP contribution is 2.42. The first-order valence-corrected chi connectivity index (χ1v) is 10.8. The topological polar surface area (TPSA) is 101 Å². The molecular weight excluding hydrogens is 414 g/mol. The Hall–Kier alpha value is -3.17. The molecule has 3 N–H and O–H groups in total. The van der Waals surface area contributed by atoms with E-state index in [-0.39, 0.29) is 6.10 Å². The number of anilines is 1. The number of hydrogen-bond acceptors (Lipinski definition) is 9. The van der Waals surface area contributed by atoms with E-state index >= 15 is 0 Å². The van der Waals surface area contributed by atoms with Crippen LogP contribution in [0.4, 0.5) is 5.95 Å². The summed E-state index contributed by atoms with van der Waals surface area (Å²) < 4.78 is 18.1. The van der Waals surface area contributed by atoms with Gasteiger partial charge in [-0.2, -0.15) is 0 Å². The summed E-state index contributed by atoms with van der Waals surface area (Å²) in [6, 6.07) is 5.89. The summed E-state index contributed by atoms with van der Waals surface area (Å²) >= 11 is 1.64. The van der Waals surface area contributed by atoms with Gasteiger partial charge in [0.25, 0.3) is 0 Å². The normalized spacial score (nSPS) is 16.4. The Kier molecular flexibility index (Phi) is 6.34. The second-order valence-electron chi connectivity index (χ2n) is 7.06. The lowest BCUT2D eigenvalue weighted by molar-refractivity contribution is 0.141. The van der Waals surface area contributed by atoms with Crippen molar-refractivity contribution in [2.24, 2.45) is 0 Å². The van der Waals surface area contributed by atoms with Gasteiger partial charge in [-0.1, -0.05) is 0 Å². The van der Waals surface area contributed by atoms with Crippen molar-refractivity contribution >= 4 is 33.7 Å². The largest absolute Gasteiger partial charge is 0.496 e. The third kappa shape index (κ3) is 4.47. The number of ether oxygens (including phenoxy) is 3. The van der Waals surface area contributed by atoms with Crippen molar-refractivity contribution in [1.82, 2.24) is 15.3 Å². The minimum Gasteiger partial charge on any atom is -0.496 e. The molecular formula is C22H25N5O3S. The molecule has 1 aliphatic heterocycles. The lowest BCUT2D eigenvalue weighted by atomic mass is 10.0. The maximum absolute atomic E-state index is 7.52. The zero-order chi connectivity index (χ0) is 21.8. The predicted octanol–water partition coefficient (Wildman–Crippen LogP) is 3.97. The number of benzene rings is 1. The summed E-state index contributed by atoms with van der Waals surface area (Å²) in [6.45, 7) is 3.42. The van der Waals surface area contributed by atoms with Crippen LogP contribution < -0.4 is 20.1 Å². The second kappa shape index (κ2) is 9.32. The van der Waals surface area contributed by atoms with Crippen molar-refractivity contribution in [1.29, 1.82) is 5.41 Å². The lowest BCUT2D eigenvalue weighted by Gasteiger charge is -2.15. The molecule has 1 fully saturated rings. The number of rotatable bonds is 8. The molecule has 2 aromatic heterocycles. The van der Waals surface area contributed by atoms with Crippen molar-refractivity contribution < 1.29 is 14.2 Å². The van der Waals surface area contributed by atoms with Crippen LogP contribution in [0.1, 0.15) is 11.3 Å². The molecule has 0 bridgehead atoms. The summed E-state index contributed by atoms with van der Waals surface area (Å²) in [4.78, 5) is 10.2. The number of thiophene rings is 1. The Morgan fingerprint density at radius 2 is 2.26 bits per heavy atom. The van der Waals surface area contributed by atoms with Gasteiger partial charge in [-0.05, 0) is 19.1 Å². The number of aromatic nitrogens is 2. The van der Waals surface area contributed by atoms with Crippen LogP contribution in [0.15, 0.2) is 36.3 Å². The summed E-state index contributed by atoms with van der Waals surface area (Å²) in [7, 11) is 3.43. The van der Waals surface area contributed by atoms with Gasteiger partial charge < -0.3 is 30.3 Å². The minimum absolute atomic E-state index is 0.0781. The molecule has 0 amide bonds. The van der Waals surface area contributed by atoms with Gasteiger partial charge in [0, 0.05) is 48.0 Å². The van der Waals surface area contributed by atoms with E-state index < -0.39 is 0 Å². The van der Waals surface area contributed by atoms with Gasteiger partial charge in [0.05, 0.1) is 42.4 Å². The van der Waals surface area contributed by atoms with Crippen LogP contribution in [0.5, 0.6) is 11.5 Å². The molecule has 0 radical (unpaired) electrons. The maximum Gasteiger partial charge on any atom is 0.227 e. The molecule has 1 unspecified atom stereocenters. The van der Waals surface area contributed by atoms with Crippen LogP contribution >= 0.6 is 11.3 Å². The monoisotopic (exact) mass is 439 g/mol. The molecule has 9 heteroatoms. The highest BCUT2D eigenvalue weighted by molar-refractivity contribution is 7.19. The zero-order valence-electron chi connectivity index (χ0n) is 17.7. The Balaban J connectivity index is 1.72. The number of nitrogens with zero attached hydrogens (tertiary/aromatic N) is 2. The van der Waals surface area contributed by atoms with Crippen LogP contribution in [0.3, 0.4) is 0 Å². The smallest absolute Gasteiger partial charge is 0.227 e. The fraction of sp³-hybridized carbons (Fsp3) is 0.318. The molecule has 162 valence electrons. The summed E-state index contributed by atoms with van der Waals surface area (Å²) in [5.41, 5.74) is 3.35. The van der Waals surface area contributed by atoms with Gasteiger partial charge in [0.15, 0.2) is 0 Å².